The van der Waals surface area contributed by atoms with Crippen LogP contribution in [0, 0.1) is 13.8 Å². The number of carbonyl (C=O) groups is 1. The summed E-state index contributed by atoms with van der Waals surface area (Å²) in [5, 5.41) is 0.485. The van der Waals surface area contributed by atoms with Gasteiger partial charge >= 0.3 is 0 Å². The maximum atomic E-state index is 12.1. The first-order chi connectivity index (χ1) is 8.08. The van der Waals surface area contributed by atoms with Gasteiger partial charge in [-0.1, -0.05) is 0 Å². The number of thioether (sulfide) groups is 1. The zero-order valence-corrected chi connectivity index (χ0v) is 12.1. The number of carbonyl (C=O) groups excluding carboxylic acids is 1. The van der Waals surface area contributed by atoms with E-state index in [9.17, 15) is 4.79 Å². The van der Waals surface area contributed by atoms with E-state index in [0.717, 1.165) is 23.5 Å². The van der Waals surface area contributed by atoms with Gasteiger partial charge in [-0.25, -0.2) is 0 Å². The van der Waals surface area contributed by atoms with Crippen molar-refractivity contribution in [2.45, 2.75) is 38.5 Å². The van der Waals surface area contributed by atoms with E-state index in [2.05, 4.69) is 13.8 Å². The van der Waals surface area contributed by atoms with Gasteiger partial charge in [0.2, 0.25) is 0 Å². The number of thiophene rings is 1. The Bertz CT molecular complexity index is 412. The highest BCUT2D eigenvalue weighted by atomic mass is 32.2. The Kier molecular flexibility index (Phi) is 4.28. The summed E-state index contributed by atoms with van der Waals surface area (Å²) in [6.07, 6.45) is 1.36. The molecule has 1 aromatic heterocycles. The molecule has 1 fully saturated rings. The molecule has 2 nitrogen and oxygen atoms in total. The number of ketones is 1. The van der Waals surface area contributed by atoms with Gasteiger partial charge < -0.3 is 4.74 Å². The highest BCUT2D eigenvalue weighted by Crippen LogP contribution is 2.28. The molecule has 2 rings (SSSR count). The van der Waals surface area contributed by atoms with Crippen LogP contribution < -0.4 is 0 Å². The fraction of sp³-hybridized carbons (Fsp3) is 0.615. The Hall–Kier alpha value is -0.320. The Morgan fingerprint density at radius 1 is 1.59 bits per heavy atom. The molecule has 0 amide bonds. The summed E-state index contributed by atoms with van der Waals surface area (Å²) in [4.78, 5) is 14.4. The molecule has 1 aliphatic heterocycles. The third-order valence-electron chi connectivity index (χ3n) is 3.08. The summed E-state index contributed by atoms with van der Waals surface area (Å²) >= 11 is 3.44. The Labute approximate surface area is 111 Å². The number of Topliss-reactive ketones (excluding diaryl/α,β-unsaturated/α-hetero) is 1. The summed E-state index contributed by atoms with van der Waals surface area (Å²) in [6, 6.07) is 2.01. The van der Waals surface area contributed by atoms with Crippen LogP contribution in [0.15, 0.2) is 6.07 Å². The van der Waals surface area contributed by atoms with Gasteiger partial charge in [-0.05, 0) is 33.3 Å². The molecule has 2 unspecified atom stereocenters. The monoisotopic (exact) mass is 270 g/mol. The molecule has 17 heavy (non-hydrogen) atoms. The van der Waals surface area contributed by atoms with Crippen LogP contribution in [0.5, 0.6) is 0 Å². The lowest BCUT2D eigenvalue weighted by Gasteiger charge is -2.12. The van der Waals surface area contributed by atoms with E-state index in [1.165, 1.54) is 4.88 Å². The van der Waals surface area contributed by atoms with E-state index >= 15 is 0 Å². The van der Waals surface area contributed by atoms with E-state index in [0.29, 0.717) is 11.0 Å². The van der Waals surface area contributed by atoms with Gasteiger partial charge in [0.25, 0.3) is 0 Å². The Morgan fingerprint density at radius 2 is 2.35 bits per heavy atom. The first-order valence-electron chi connectivity index (χ1n) is 5.91. The molecule has 0 aliphatic carbocycles. The average molecular weight is 270 g/mol. The number of hydrogen-bond donors (Lipinski definition) is 0. The van der Waals surface area contributed by atoms with Crippen molar-refractivity contribution in [1.29, 1.82) is 0 Å². The molecule has 1 aliphatic rings. The molecule has 0 saturated carbocycles. The molecule has 2 heterocycles. The SMILES string of the molecule is Cc1cc(C(=O)CSC2CCOC2C)c(C)s1. The van der Waals surface area contributed by atoms with Crippen LogP contribution in [0.1, 0.15) is 33.5 Å². The standard InChI is InChI=1S/C13H18O2S2/c1-8-6-11(10(3)17-8)12(14)7-16-13-4-5-15-9(13)2/h6,9,13H,4-5,7H2,1-3H3. The van der Waals surface area contributed by atoms with Crippen molar-refractivity contribution in [2.24, 2.45) is 0 Å². The van der Waals surface area contributed by atoms with Crippen molar-refractivity contribution < 1.29 is 9.53 Å². The fourth-order valence-corrected chi connectivity index (χ4v) is 4.17. The number of aryl methyl sites for hydroxylation is 2. The second kappa shape index (κ2) is 5.55. The molecule has 0 N–H and O–H groups in total. The van der Waals surface area contributed by atoms with E-state index in [1.54, 1.807) is 23.1 Å². The third-order valence-corrected chi connectivity index (χ3v) is 5.52. The molecule has 94 valence electrons. The molecule has 0 aromatic carbocycles. The van der Waals surface area contributed by atoms with E-state index in [-0.39, 0.29) is 11.9 Å². The average Bonchev–Trinajstić information content (AvgIpc) is 2.81. The minimum atomic E-state index is 0.260. The van der Waals surface area contributed by atoms with E-state index in [4.69, 9.17) is 4.74 Å². The molecule has 1 saturated heterocycles. The first kappa shape index (κ1) is 13.1. The van der Waals surface area contributed by atoms with Gasteiger partial charge in [-0.3, -0.25) is 4.79 Å². The maximum Gasteiger partial charge on any atom is 0.173 e. The van der Waals surface area contributed by atoms with Crippen LogP contribution in [0.4, 0.5) is 0 Å². The summed E-state index contributed by atoms with van der Waals surface area (Å²) in [5.74, 6) is 0.839. The van der Waals surface area contributed by atoms with Gasteiger partial charge in [-0.15, -0.1) is 23.1 Å². The summed E-state index contributed by atoms with van der Waals surface area (Å²) < 4.78 is 5.50. The van der Waals surface area contributed by atoms with Crippen molar-refractivity contribution in [3.63, 3.8) is 0 Å². The molecule has 0 radical (unpaired) electrons. The molecule has 4 heteroatoms. The van der Waals surface area contributed by atoms with Crippen LogP contribution in [0.2, 0.25) is 0 Å². The topological polar surface area (TPSA) is 26.3 Å². The molecule has 2 atom stereocenters. The molecule has 0 bridgehead atoms. The minimum absolute atomic E-state index is 0.260. The third kappa shape index (κ3) is 3.12. The minimum Gasteiger partial charge on any atom is -0.377 e. The summed E-state index contributed by atoms with van der Waals surface area (Å²) in [5.41, 5.74) is 0.909. The van der Waals surface area contributed by atoms with E-state index < -0.39 is 0 Å². The van der Waals surface area contributed by atoms with Crippen molar-refractivity contribution >= 4 is 28.9 Å². The molecular weight excluding hydrogens is 252 g/mol. The predicted molar refractivity (Wildman–Crippen MR) is 74.4 cm³/mol. The van der Waals surface area contributed by atoms with Crippen LogP contribution in [0.3, 0.4) is 0 Å². The van der Waals surface area contributed by atoms with Crippen LogP contribution in [-0.2, 0) is 4.74 Å². The first-order valence-corrected chi connectivity index (χ1v) is 7.78. The van der Waals surface area contributed by atoms with Gasteiger partial charge in [0.15, 0.2) is 5.78 Å². The quantitative estimate of drug-likeness (QED) is 0.784. The summed E-state index contributed by atoms with van der Waals surface area (Å²) in [7, 11) is 0. The van der Waals surface area contributed by atoms with E-state index in [1.807, 2.05) is 13.0 Å². The number of rotatable bonds is 4. The second-order valence-corrected chi connectivity index (χ2v) is 7.15. The zero-order chi connectivity index (χ0) is 12.4. The fourth-order valence-electron chi connectivity index (χ4n) is 2.10. The highest BCUT2D eigenvalue weighted by molar-refractivity contribution is 8.00. The lowest BCUT2D eigenvalue weighted by atomic mass is 10.2. The van der Waals surface area contributed by atoms with Gasteiger partial charge in [0.05, 0.1) is 11.9 Å². The normalized spacial score (nSPS) is 24.2. The Morgan fingerprint density at radius 3 is 2.88 bits per heavy atom. The second-order valence-electron chi connectivity index (χ2n) is 4.46. The number of ether oxygens (including phenoxy) is 1. The van der Waals surface area contributed by atoms with Crippen LogP contribution in [0.25, 0.3) is 0 Å². The van der Waals surface area contributed by atoms with Gasteiger partial charge in [-0.2, -0.15) is 0 Å². The molecule has 1 aromatic rings. The van der Waals surface area contributed by atoms with Gasteiger partial charge in [0.1, 0.15) is 0 Å². The van der Waals surface area contributed by atoms with Crippen molar-refractivity contribution in [2.75, 3.05) is 12.4 Å². The molecular formula is C13H18O2S2. The number of hydrogen-bond acceptors (Lipinski definition) is 4. The highest BCUT2D eigenvalue weighted by Gasteiger charge is 2.25. The van der Waals surface area contributed by atoms with Crippen LogP contribution >= 0.6 is 23.1 Å². The van der Waals surface area contributed by atoms with Crippen molar-refractivity contribution in [3.05, 3.63) is 21.4 Å². The smallest absolute Gasteiger partial charge is 0.173 e. The lowest BCUT2D eigenvalue weighted by molar-refractivity contribution is 0.102. The van der Waals surface area contributed by atoms with Gasteiger partial charge in [0, 0.05) is 27.2 Å². The summed E-state index contributed by atoms with van der Waals surface area (Å²) in [6.45, 7) is 7.00. The Balaban J connectivity index is 1.91. The van der Waals surface area contributed by atoms with Crippen molar-refractivity contribution in [1.82, 2.24) is 0 Å². The van der Waals surface area contributed by atoms with Crippen molar-refractivity contribution in [3.8, 4) is 0 Å². The molecule has 0 spiro atoms. The predicted octanol–water partition coefficient (Wildman–Crippen LogP) is 3.46. The lowest BCUT2D eigenvalue weighted by Crippen LogP contribution is -2.16. The maximum absolute atomic E-state index is 12.1. The largest absolute Gasteiger partial charge is 0.377 e. The zero-order valence-electron chi connectivity index (χ0n) is 10.5. The van der Waals surface area contributed by atoms with Crippen LogP contribution in [-0.4, -0.2) is 29.5 Å².